The fourth-order valence-electron chi connectivity index (χ4n) is 1.53. The number of carbonyl (C=O) groups is 3. The van der Waals surface area contributed by atoms with E-state index in [1.807, 2.05) is 6.07 Å². The smallest absolute Gasteiger partial charge is 0.313 e. The standard InChI is InChI=1S/C16H18O6/c1-12(17)21-8-9-22-16(19)11-14(18)7-6-13-4-3-5-15(10-13)20-2/h3-7,10H,8-9,11H2,1-2H3. The third kappa shape index (κ3) is 7.23. The Labute approximate surface area is 128 Å². The van der Waals surface area contributed by atoms with E-state index in [1.54, 1.807) is 31.4 Å². The minimum atomic E-state index is -0.660. The molecule has 6 heteroatoms. The second-order valence-electron chi connectivity index (χ2n) is 4.31. The quantitative estimate of drug-likeness (QED) is 0.315. The Bertz CT molecular complexity index is 562. The molecule has 1 rings (SSSR count). The van der Waals surface area contributed by atoms with Crippen molar-refractivity contribution in [1.82, 2.24) is 0 Å². The SMILES string of the molecule is COc1cccc(C=CC(=O)CC(=O)OCCOC(C)=O)c1. The maximum atomic E-state index is 11.6. The number of rotatable bonds is 8. The fraction of sp³-hybridized carbons (Fsp3) is 0.312. The molecular formula is C16H18O6. The number of benzene rings is 1. The van der Waals surface area contributed by atoms with Crippen molar-refractivity contribution < 1.29 is 28.6 Å². The lowest BCUT2D eigenvalue weighted by Gasteiger charge is -2.03. The number of hydrogen-bond donors (Lipinski definition) is 0. The van der Waals surface area contributed by atoms with Crippen molar-refractivity contribution >= 4 is 23.8 Å². The molecule has 1 aromatic rings. The average Bonchev–Trinajstić information content (AvgIpc) is 2.49. The molecule has 0 amide bonds. The van der Waals surface area contributed by atoms with Crippen molar-refractivity contribution in [3.8, 4) is 5.75 Å². The van der Waals surface area contributed by atoms with E-state index in [0.717, 1.165) is 5.56 Å². The van der Waals surface area contributed by atoms with Gasteiger partial charge in [0.2, 0.25) is 0 Å². The second kappa shape index (κ2) is 9.33. The zero-order chi connectivity index (χ0) is 16.4. The fourth-order valence-corrected chi connectivity index (χ4v) is 1.53. The van der Waals surface area contributed by atoms with Gasteiger partial charge in [0, 0.05) is 6.92 Å². The lowest BCUT2D eigenvalue weighted by atomic mass is 10.1. The summed E-state index contributed by atoms with van der Waals surface area (Å²) in [5.41, 5.74) is 0.788. The minimum Gasteiger partial charge on any atom is -0.497 e. The van der Waals surface area contributed by atoms with Crippen molar-refractivity contribution in [3.05, 3.63) is 35.9 Å². The van der Waals surface area contributed by atoms with Crippen LogP contribution in [-0.4, -0.2) is 38.0 Å². The Kier molecular flexibility index (Phi) is 7.39. The van der Waals surface area contributed by atoms with Crippen LogP contribution in [0.2, 0.25) is 0 Å². The van der Waals surface area contributed by atoms with Crippen molar-refractivity contribution in [3.63, 3.8) is 0 Å². The summed E-state index contributed by atoms with van der Waals surface area (Å²) in [5.74, 6) is -0.805. The molecule has 22 heavy (non-hydrogen) atoms. The van der Waals surface area contributed by atoms with Crippen LogP contribution in [0.4, 0.5) is 0 Å². The molecule has 0 aliphatic heterocycles. The van der Waals surface area contributed by atoms with E-state index in [1.165, 1.54) is 13.0 Å². The molecule has 0 atom stereocenters. The number of carbonyl (C=O) groups excluding carboxylic acids is 3. The van der Waals surface area contributed by atoms with Gasteiger partial charge in [0.1, 0.15) is 25.4 Å². The summed E-state index contributed by atoms with van der Waals surface area (Å²) in [5, 5.41) is 0. The second-order valence-corrected chi connectivity index (χ2v) is 4.31. The van der Waals surface area contributed by atoms with E-state index < -0.39 is 11.9 Å². The molecule has 118 valence electrons. The van der Waals surface area contributed by atoms with Crippen LogP contribution in [0.5, 0.6) is 5.75 Å². The maximum Gasteiger partial charge on any atom is 0.313 e. The molecule has 0 fully saturated rings. The van der Waals surface area contributed by atoms with Crippen LogP contribution in [-0.2, 0) is 23.9 Å². The summed E-state index contributed by atoms with van der Waals surface area (Å²) in [6.45, 7) is 1.18. The van der Waals surface area contributed by atoms with E-state index in [4.69, 9.17) is 9.47 Å². The van der Waals surface area contributed by atoms with Gasteiger partial charge < -0.3 is 14.2 Å². The Morgan fingerprint density at radius 2 is 1.86 bits per heavy atom. The van der Waals surface area contributed by atoms with Gasteiger partial charge in [0.25, 0.3) is 0 Å². The first-order valence-corrected chi connectivity index (χ1v) is 6.65. The monoisotopic (exact) mass is 306 g/mol. The molecule has 0 aliphatic carbocycles. The summed E-state index contributed by atoms with van der Waals surface area (Å²) in [6.07, 6.45) is 2.54. The Morgan fingerprint density at radius 3 is 2.55 bits per heavy atom. The van der Waals surface area contributed by atoms with Crippen LogP contribution >= 0.6 is 0 Å². The zero-order valence-electron chi connectivity index (χ0n) is 12.5. The lowest BCUT2D eigenvalue weighted by molar-refractivity contribution is -0.151. The van der Waals surface area contributed by atoms with Gasteiger partial charge in [-0.3, -0.25) is 14.4 Å². The van der Waals surface area contributed by atoms with Gasteiger partial charge in [0.05, 0.1) is 7.11 Å². The average molecular weight is 306 g/mol. The highest BCUT2D eigenvalue weighted by Gasteiger charge is 2.08. The first-order chi connectivity index (χ1) is 10.5. The van der Waals surface area contributed by atoms with Gasteiger partial charge in [-0.2, -0.15) is 0 Å². The van der Waals surface area contributed by atoms with E-state index >= 15 is 0 Å². The number of ether oxygens (including phenoxy) is 3. The number of esters is 2. The Hall–Kier alpha value is -2.63. The normalized spacial score (nSPS) is 10.3. The zero-order valence-corrected chi connectivity index (χ0v) is 12.5. The maximum absolute atomic E-state index is 11.6. The molecule has 0 unspecified atom stereocenters. The molecule has 0 bridgehead atoms. The largest absolute Gasteiger partial charge is 0.497 e. The highest BCUT2D eigenvalue weighted by molar-refractivity contribution is 6.03. The Morgan fingerprint density at radius 1 is 1.14 bits per heavy atom. The molecule has 6 nitrogen and oxygen atoms in total. The van der Waals surface area contributed by atoms with Crippen molar-refractivity contribution in [2.45, 2.75) is 13.3 Å². The molecule has 0 aromatic heterocycles. The minimum absolute atomic E-state index is 0.0189. The molecule has 0 radical (unpaired) electrons. The topological polar surface area (TPSA) is 78.9 Å². The van der Waals surface area contributed by atoms with Gasteiger partial charge in [-0.05, 0) is 23.8 Å². The van der Waals surface area contributed by atoms with E-state index in [0.29, 0.717) is 5.75 Å². The van der Waals surface area contributed by atoms with Gasteiger partial charge in [-0.1, -0.05) is 18.2 Å². The summed E-state index contributed by atoms with van der Waals surface area (Å²) in [6, 6.07) is 7.16. The predicted molar refractivity (Wildman–Crippen MR) is 79.2 cm³/mol. The molecule has 0 spiro atoms. The van der Waals surface area contributed by atoms with Crippen LogP contribution in [0, 0.1) is 0 Å². The summed E-state index contributed by atoms with van der Waals surface area (Å²) in [4.78, 5) is 33.5. The Balaban J connectivity index is 2.36. The van der Waals surface area contributed by atoms with Crippen LogP contribution in [0.3, 0.4) is 0 Å². The van der Waals surface area contributed by atoms with Crippen LogP contribution in [0.1, 0.15) is 18.9 Å². The number of methoxy groups -OCH3 is 1. The summed E-state index contributed by atoms with van der Waals surface area (Å²) in [7, 11) is 1.56. The molecule has 0 saturated carbocycles. The lowest BCUT2D eigenvalue weighted by Crippen LogP contribution is -2.14. The highest BCUT2D eigenvalue weighted by Crippen LogP contribution is 2.13. The van der Waals surface area contributed by atoms with E-state index in [9.17, 15) is 14.4 Å². The van der Waals surface area contributed by atoms with Crippen LogP contribution in [0.15, 0.2) is 30.3 Å². The van der Waals surface area contributed by atoms with Crippen molar-refractivity contribution in [1.29, 1.82) is 0 Å². The van der Waals surface area contributed by atoms with Gasteiger partial charge in [-0.15, -0.1) is 0 Å². The van der Waals surface area contributed by atoms with Gasteiger partial charge >= 0.3 is 11.9 Å². The summed E-state index contributed by atoms with van der Waals surface area (Å²) < 4.78 is 14.4. The molecule has 0 N–H and O–H groups in total. The molecule has 0 aliphatic rings. The van der Waals surface area contributed by atoms with Crippen molar-refractivity contribution in [2.24, 2.45) is 0 Å². The number of allylic oxidation sites excluding steroid dienone is 1. The third-order valence-electron chi connectivity index (χ3n) is 2.53. The van der Waals surface area contributed by atoms with Crippen LogP contribution in [0.25, 0.3) is 6.08 Å². The first-order valence-electron chi connectivity index (χ1n) is 6.65. The number of hydrogen-bond acceptors (Lipinski definition) is 6. The van der Waals surface area contributed by atoms with Gasteiger partial charge in [-0.25, -0.2) is 0 Å². The molecular weight excluding hydrogens is 288 g/mol. The third-order valence-corrected chi connectivity index (χ3v) is 2.53. The van der Waals surface area contributed by atoms with E-state index in [2.05, 4.69) is 4.74 Å². The van der Waals surface area contributed by atoms with Crippen molar-refractivity contribution in [2.75, 3.05) is 20.3 Å². The molecule has 0 heterocycles. The predicted octanol–water partition coefficient (Wildman–Crippen LogP) is 1.77. The van der Waals surface area contributed by atoms with Crippen LogP contribution < -0.4 is 4.74 Å². The molecule has 0 saturated heterocycles. The number of ketones is 1. The van der Waals surface area contributed by atoms with Gasteiger partial charge in [0.15, 0.2) is 5.78 Å². The summed E-state index contributed by atoms with van der Waals surface area (Å²) >= 11 is 0. The first kappa shape index (κ1) is 17.4. The molecule has 1 aromatic carbocycles. The van der Waals surface area contributed by atoms with E-state index in [-0.39, 0.29) is 25.4 Å². The highest BCUT2D eigenvalue weighted by atomic mass is 16.6.